The van der Waals surface area contributed by atoms with Crippen molar-refractivity contribution in [1.29, 1.82) is 0 Å². The lowest BCUT2D eigenvalue weighted by Crippen LogP contribution is -2.35. The predicted molar refractivity (Wildman–Crippen MR) is 84.1 cm³/mol. The molecule has 0 heterocycles. The van der Waals surface area contributed by atoms with Gasteiger partial charge in [-0.25, -0.2) is 0 Å². The number of aliphatic hydroxyl groups is 1. The molecule has 0 spiro atoms. The van der Waals surface area contributed by atoms with Gasteiger partial charge in [-0.2, -0.15) is 0 Å². The first kappa shape index (κ1) is 17.0. The molecule has 0 saturated carbocycles. The van der Waals surface area contributed by atoms with E-state index < -0.39 is 0 Å². The fraction of sp³-hybridized carbons (Fsp3) is 0.647. The Bertz CT molecular complexity index is 371. The Morgan fingerprint density at radius 1 is 1.05 bits per heavy atom. The zero-order valence-electron chi connectivity index (χ0n) is 13.1. The molecule has 0 aliphatic carbocycles. The lowest BCUT2D eigenvalue weighted by Gasteiger charge is -2.21. The number of aliphatic hydroxyl groups excluding tert-OH is 1. The fourth-order valence-electron chi connectivity index (χ4n) is 1.90. The van der Waals surface area contributed by atoms with Gasteiger partial charge >= 0.3 is 0 Å². The molecular formula is C17H29NO2. The smallest absolute Gasteiger partial charge is 0.123 e. The van der Waals surface area contributed by atoms with E-state index >= 15 is 0 Å². The van der Waals surface area contributed by atoms with E-state index in [9.17, 15) is 0 Å². The number of para-hydroxylation sites is 1. The summed E-state index contributed by atoms with van der Waals surface area (Å²) in [4.78, 5) is 0. The molecule has 2 N–H and O–H groups in total. The average Bonchev–Trinajstić information content (AvgIpc) is 2.40. The van der Waals surface area contributed by atoms with Crippen LogP contribution < -0.4 is 10.1 Å². The molecule has 1 rings (SSSR count). The molecule has 0 amide bonds. The number of hydrogen-bond acceptors (Lipinski definition) is 3. The van der Waals surface area contributed by atoms with E-state index in [1.54, 1.807) is 0 Å². The molecule has 0 atom stereocenters. The lowest BCUT2D eigenvalue weighted by molar-refractivity contribution is 0.272. The summed E-state index contributed by atoms with van der Waals surface area (Å²) in [6.07, 6.45) is 4.13. The Morgan fingerprint density at radius 2 is 1.75 bits per heavy atom. The molecule has 0 saturated heterocycles. The van der Waals surface area contributed by atoms with E-state index in [2.05, 4.69) is 32.2 Å². The minimum Gasteiger partial charge on any atom is -0.493 e. The average molecular weight is 279 g/mol. The molecule has 0 aliphatic rings. The highest BCUT2D eigenvalue weighted by atomic mass is 16.5. The van der Waals surface area contributed by atoms with E-state index in [4.69, 9.17) is 9.84 Å². The minimum atomic E-state index is 0.109. The predicted octanol–water partition coefficient (Wildman–Crippen LogP) is 3.51. The van der Waals surface area contributed by atoms with Gasteiger partial charge in [0, 0.05) is 24.3 Å². The number of nitrogens with one attached hydrogen (secondary N) is 1. The quantitative estimate of drug-likeness (QED) is 0.680. The standard InChI is InChI=1S/C17H29NO2/c1-17(2,3)18-14-15-10-6-7-11-16(15)20-13-9-5-4-8-12-19/h6-7,10-11,18-19H,4-5,8-9,12-14H2,1-3H3. The van der Waals surface area contributed by atoms with Crippen LogP contribution >= 0.6 is 0 Å². The molecule has 114 valence electrons. The molecule has 20 heavy (non-hydrogen) atoms. The van der Waals surface area contributed by atoms with Crippen LogP contribution in [0, 0.1) is 0 Å². The molecule has 3 nitrogen and oxygen atoms in total. The van der Waals surface area contributed by atoms with Crippen LogP contribution in [0.15, 0.2) is 24.3 Å². The van der Waals surface area contributed by atoms with Gasteiger partial charge in [0.25, 0.3) is 0 Å². The third-order valence-electron chi connectivity index (χ3n) is 3.09. The van der Waals surface area contributed by atoms with Crippen molar-refractivity contribution in [3.63, 3.8) is 0 Å². The maximum absolute atomic E-state index is 8.72. The highest BCUT2D eigenvalue weighted by Crippen LogP contribution is 2.19. The Hall–Kier alpha value is -1.06. The molecule has 0 aliphatic heterocycles. The van der Waals surface area contributed by atoms with E-state index in [-0.39, 0.29) is 5.54 Å². The second-order valence-corrected chi connectivity index (χ2v) is 6.20. The van der Waals surface area contributed by atoms with Crippen LogP contribution in [0.25, 0.3) is 0 Å². The van der Waals surface area contributed by atoms with Crippen molar-refractivity contribution >= 4 is 0 Å². The first-order chi connectivity index (χ1) is 9.53. The van der Waals surface area contributed by atoms with Crippen molar-refractivity contribution in [2.75, 3.05) is 13.2 Å². The van der Waals surface area contributed by atoms with Gasteiger partial charge in [0.15, 0.2) is 0 Å². The van der Waals surface area contributed by atoms with Crippen LogP contribution in [0.3, 0.4) is 0 Å². The van der Waals surface area contributed by atoms with Crippen molar-refractivity contribution < 1.29 is 9.84 Å². The number of rotatable bonds is 9. The maximum atomic E-state index is 8.72. The van der Waals surface area contributed by atoms with Crippen molar-refractivity contribution in [3.05, 3.63) is 29.8 Å². The van der Waals surface area contributed by atoms with Gasteiger partial charge in [0.2, 0.25) is 0 Å². The number of unbranched alkanes of at least 4 members (excludes halogenated alkanes) is 3. The van der Waals surface area contributed by atoms with Gasteiger partial charge in [0.05, 0.1) is 6.61 Å². The second kappa shape index (κ2) is 8.98. The van der Waals surface area contributed by atoms with Crippen molar-refractivity contribution in [1.82, 2.24) is 5.32 Å². The molecule has 0 fully saturated rings. The summed E-state index contributed by atoms with van der Waals surface area (Å²) < 4.78 is 5.88. The van der Waals surface area contributed by atoms with E-state index in [0.717, 1.165) is 44.6 Å². The third-order valence-corrected chi connectivity index (χ3v) is 3.09. The van der Waals surface area contributed by atoms with Gasteiger partial charge in [0.1, 0.15) is 5.75 Å². The maximum Gasteiger partial charge on any atom is 0.123 e. The number of hydrogen-bond donors (Lipinski definition) is 2. The van der Waals surface area contributed by atoms with Crippen LogP contribution in [-0.4, -0.2) is 23.9 Å². The summed E-state index contributed by atoms with van der Waals surface area (Å²) in [5.74, 6) is 0.978. The highest BCUT2D eigenvalue weighted by molar-refractivity contribution is 5.33. The molecule has 0 radical (unpaired) electrons. The van der Waals surface area contributed by atoms with Gasteiger partial charge < -0.3 is 15.2 Å². The van der Waals surface area contributed by atoms with E-state index in [1.807, 2.05) is 18.2 Å². The van der Waals surface area contributed by atoms with Crippen LogP contribution in [-0.2, 0) is 6.54 Å². The summed E-state index contributed by atoms with van der Waals surface area (Å²) in [6.45, 7) is 8.36. The first-order valence-electron chi connectivity index (χ1n) is 7.59. The Labute approximate surface area is 123 Å². The van der Waals surface area contributed by atoms with Crippen LogP contribution in [0.2, 0.25) is 0 Å². The summed E-state index contributed by atoms with van der Waals surface area (Å²) in [5, 5.41) is 12.2. The van der Waals surface area contributed by atoms with Gasteiger partial charge in [-0.15, -0.1) is 0 Å². The van der Waals surface area contributed by atoms with E-state index in [0.29, 0.717) is 6.61 Å². The van der Waals surface area contributed by atoms with Gasteiger partial charge in [-0.3, -0.25) is 0 Å². The lowest BCUT2D eigenvalue weighted by atomic mass is 10.1. The number of ether oxygens (including phenoxy) is 1. The monoisotopic (exact) mass is 279 g/mol. The van der Waals surface area contributed by atoms with Crippen molar-refractivity contribution in [2.45, 2.75) is 58.5 Å². The van der Waals surface area contributed by atoms with Crippen molar-refractivity contribution in [3.8, 4) is 5.75 Å². The molecule has 3 heteroatoms. The normalized spacial score (nSPS) is 11.6. The molecule has 0 bridgehead atoms. The topological polar surface area (TPSA) is 41.5 Å². The third kappa shape index (κ3) is 7.51. The SMILES string of the molecule is CC(C)(C)NCc1ccccc1OCCCCCCO. The molecule has 0 unspecified atom stereocenters. The Balaban J connectivity index is 2.37. The summed E-state index contributed by atoms with van der Waals surface area (Å²) in [6, 6.07) is 8.21. The number of benzene rings is 1. The van der Waals surface area contributed by atoms with Gasteiger partial charge in [-0.05, 0) is 46.1 Å². The fourth-order valence-corrected chi connectivity index (χ4v) is 1.90. The molecular weight excluding hydrogens is 250 g/mol. The zero-order valence-corrected chi connectivity index (χ0v) is 13.1. The van der Waals surface area contributed by atoms with Crippen LogP contribution in [0.1, 0.15) is 52.0 Å². The summed E-state index contributed by atoms with van der Waals surface area (Å²) >= 11 is 0. The first-order valence-corrected chi connectivity index (χ1v) is 7.59. The largest absolute Gasteiger partial charge is 0.493 e. The Morgan fingerprint density at radius 3 is 2.45 bits per heavy atom. The van der Waals surface area contributed by atoms with Crippen molar-refractivity contribution in [2.24, 2.45) is 0 Å². The molecule has 1 aromatic carbocycles. The summed E-state index contributed by atoms with van der Waals surface area (Å²) in [5.41, 5.74) is 1.31. The minimum absolute atomic E-state index is 0.109. The van der Waals surface area contributed by atoms with Gasteiger partial charge in [-0.1, -0.05) is 24.6 Å². The summed E-state index contributed by atoms with van der Waals surface area (Å²) in [7, 11) is 0. The molecule has 1 aromatic rings. The van der Waals surface area contributed by atoms with Crippen LogP contribution in [0.5, 0.6) is 5.75 Å². The second-order valence-electron chi connectivity index (χ2n) is 6.20. The van der Waals surface area contributed by atoms with E-state index in [1.165, 1.54) is 5.56 Å². The van der Waals surface area contributed by atoms with Crippen LogP contribution in [0.4, 0.5) is 0 Å². The highest BCUT2D eigenvalue weighted by Gasteiger charge is 2.10. The Kier molecular flexibility index (Phi) is 7.63. The molecule has 0 aromatic heterocycles. The zero-order chi connectivity index (χ0) is 14.8.